The van der Waals surface area contributed by atoms with E-state index in [1.807, 2.05) is 17.0 Å². The van der Waals surface area contributed by atoms with Gasteiger partial charge in [-0.05, 0) is 37.0 Å². The minimum Gasteiger partial charge on any atom is -0.337 e. The van der Waals surface area contributed by atoms with Crippen LogP contribution in [0.1, 0.15) is 37.3 Å². The number of carbonyl (C=O) groups excluding carboxylic acids is 1. The van der Waals surface area contributed by atoms with E-state index in [0.717, 1.165) is 18.5 Å². The highest BCUT2D eigenvalue weighted by atomic mass is 16.2. The number of carbonyl (C=O) groups is 1. The Bertz CT molecular complexity index is 485. The van der Waals surface area contributed by atoms with Crippen LogP contribution in [0.5, 0.6) is 0 Å². The summed E-state index contributed by atoms with van der Waals surface area (Å²) in [7, 11) is 0. The lowest BCUT2D eigenvalue weighted by Gasteiger charge is -2.22. The van der Waals surface area contributed by atoms with Crippen LogP contribution in [0.3, 0.4) is 0 Å². The fraction of sp³-hybridized carbons (Fsp3) is 0.500. The molecule has 0 heterocycles. The zero-order chi connectivity index (χ0) is 14.4. The van der Waals surface area contributed by atoms with Gasteiger partial charge >= 0.3 is 0 Å². The molecule has 20 heavy (non-hydrogen) atoms. The van der Waals surface area contributed by atoms with Crippen molar-refractivity contribution in [2.24, 2.45) is 0 Å². The van der Waals surface area contributed by atoms with Crippen molar-refractivity contribution in [2.45, 2.75) is 38.8 Å². The Hall–Kier alpha value is -1.86. The third kappa shape index (κ3) is 4.36. The largest absolute Gasteiger partial charge is 0.337 e. The number of hydrogen-bond acceptors (Lipinski definition) is 3. The molecular weight excluding hydrogens is 250 g/mol. The van der Waals surface area contributed by atoms with Gasteiger partial charge in [0.25, 0.3) is 0 Å². The van der Waals surface area contributed by atoms with Crippen molar-refractivity contribution in [2.75, 3.05) is 13.1 Å². The first-order chi connectivity index (χ1) is 9.72. The zero-order valence-corrected chi connectivity index (χ0v) is 11.9. The van der Waals surface area contributed by atoms with Gasteiger partial charge in [0.05, 0.1) is 18.2 Å². The molecule has 4 nitrogen and oxygen atoms in total. The van der Waals surface area contributed by atoms with E-state index in [-0.39, 0.29) is 5.91 Å². The van der Waals surface area contributed by atoms with E-state index in [4.69, 9.17) is 5.26 Å². The number of amides is 1. The Labute approximate surface area is 120 Å². The Morgan fingerprint density at radius 2 is 2.10 bits per heavy atom. The Kier molecular flexibility index (Phi) is 5.14. The summed E-state index contributed by atoms with van der Waals surface area (Å²) in [5, 5.41) is 12.1. The molecule has 0 unspecified atom stereocenters. The van der Waals surface area contributed by atoms with E-state index in [1.165, 1.54) is 12.8 Å². The summed E-state index contributed by atoms with van der Waals surface area (Å²) in [6, 6.07) is 10.1. The van der Waals surface area contributed by atoms with Crippen LogP contribution in [-0.4, -0.2) is 29.9 Å². The van der Waals surface area contributed by atoms with E-state index >= 15 is 0 Å². The topological polar surface area (TPSA) is 56.1 Å². The number of nitriles is 1. The summed E-state index contributed by atoms with van der Waals surface area (Å²) in [6.45, 7) is 3.89. The monoisotopic (exact) mass is 271 g/mol. The minimum atomic E-state index is 0.156. The SMILES string of the molecule is CCCN(Cc1ccc(C#N)cc1)C(=O)CNC1CC1. The van der Waals surface area contributed by atoms with E-state index in [1.54, 1.807) is 12.1 Å². The van der Waals surface area contributed by atoms with Crippen molar-refractivity contribution in [1.29, 1.82) is 5.26 Å². The lowest BCUT2D eigenvalue weighted by molar-refractivity contribution is -0.130. The summed E-state index contributed by atoms with van der Waals surface area (Å²) < 4.78 is 0. The second-order valence-electron chi connectivity index (χ2n) is 5.28. The predicted octanol–water partition coefficient (Wildman–Crippen LogP) is 2.05. The van der Waals surface area contributed by atoms with Gasteiger partial charge in [-0.1, -0.05) is 19.1 Å². The molecule has 1 aliphatic carbocycles. The minimum absolute atomic E-state index is 0.156. The highest BCUT2D eigenvalue weighted by molar-refractivity contribution is 5.78. The van der Waals surface area contributed by atoms with Crippen molar-refractivity contribution in [3.05, 3.63) is 35.4 Å². The van der Waals surface area contributed by atoms with Crippen molar-refractivity contribution in [3.8, 4) is 6.07 Å². The summed E-state index contributed by atoms with van der Waals surface area (Å²) in [5.74, 6) is 0.156. The molecule has 0 saturated heterocycles. The molecule has 1 aromatic rings. The normalized spacial score (nSPS) is 13.8. The summed E-state index contributed by atoms with van der Waals surface area (Å²) in [5.41, 5.74) is 1.72. The average Bonchev–Trinajstić information content (AvgIpc) is 3.29. The molecule has 1 amide bonds. The van der Waals surface area contributed by atoms with Gasteiger partial charge in [0.1, 0.15) is 0 Å². The van der Waals surface area contributed by atoms with Gasteiger partial charge in [-0.3, -0.25) is 4.79 Å². The molecule has 0 radical (unpaired) electrons. The molecule has 1 aliphatic rings. The van der Waals surface area contributed by atoms with Gasteiger partial charge in [0.15, 0.2) is 0 Å². The van der Waals surface area contributed by atoms with E-state index in [0.29, 0.717) is 24.7 Å². The molecule has 2 rings (SSSR count). The Morgan fingerprint density at radius 3 is 2.65 bits per heavy atom. The van der Waals surface area contributed by atoms with Gasteiger partial charge in [0.2, 0.25) is 5.91 Å². The van der Waals surface area contributed by atoms with Gasteiger partial charge in [-0.2, -0.15) is 5.26 Å². The maximum absolute atomic E-state index is 12.2. The number of nitrogens with one attached hydrogen (secondary N) is 1. The molecule has 4 heteroatoms. The van der Waals surface area contributed by atoms with E-state index in [9.17, 15) is 4.79 Å². The summed E-state index contributed by atoms with van der Waals surface area (Å²) in [6.07, 6.45) is 3.33. The van der Waals surface area contributed by atoms with Crippen molar-refractivity contribution in [1.82, 2.24) is 10.2 Å². The molecular formula is C16H21N3O. The Balaban J connectivity index is 1.92. The lowest BCUT2D eigenvalue weighted by atomic mass is 10.1. The average molecular weight is 271 g/mol. The molecule has 0 bridgehead atoms. The van der Waals surface area contributed by atoms with E-state index in [2.05, 4.69) is 18.3 Å². The van der Waals surface area contributed by atoms with Crippen LogP contribution >= 0.6 is 0 Å². The molecule has 1 N–H and O–H groups in total. The molecule has 1 fully saturated rings. The van der Waals surface area contributed by atoms with Gasteiger partial charge in [-0.25, -0.2) is 0 Å². The first-order valence-corrected chi connectivity index (χ1v) is 7.23. The Morgan fingerprint density at radius 1 is 1.40 bits per heavy atom. The highest BCUT2D eigenvalue weighted by Crippen LogP contribution is 2.18. The smallest absolute Gasteiger partial charge is 0.236 e. The quantitative estimate of drug-likeness (QED) is 0.825. The fourth-order valence-electron chi connectivity index (χ4n) is 2.10. The molecule has 0 spiro atoms. The zero-order valence-electron chi connectivity index (χ0n) is 11.9. The van der Waals surface area contributed by atoms with Crippen LogP contribution in [0.25, 0.3) is 0 Å². The second kappa shape index (κ2) is 7.06. The summed E-state index contributed by atoms with van der Waals surface area (Å²) in [4.78, 5) is 14.1. The lowest BCUT2D eigenvalue weighted by Crippen LogP contribution is -2.38. The fourth-order valence-corrected chi connectivity index (χ4v) is 2.10. The predicted molar refractivity (Wildman–Crippen MR) is 77.9 cm³/mol. The maximum Gasteiger partial charge on any atom is 0.236 e. The number of nitrogens with zero attached hydrogens (tertiary/aromatic N) is 2. The maximum atomic E-state index is 12.2. The first kappa shape index (κ1) is 14.5. The molecule has 1 aromatic carbocycles. The molecule has 0 aliphatic heterocycles. The van der Waals surface area contributed by atoms with Crippen molar-refractivity contribution >= 4 is 5.91 Å². The van der Waals surface area contributed by atoms with Crippen LogP contribution in [0.2, 0.25) is 0 Å². The number of benzene rings is 1. The molecule has 0 aromatic heterocycles. The number of hydrogen-bond donors (Lipinski definition) is 1. The third-order valence-electron chi connectivity index (χ3n) is 3.42. The standard InChI is InChI=1S/C16H21N3O/c1-2-9-19(16(20)11-18-15-7-8-15)12-14-5-3-13(10-17)4-6-14/h3-6,15,18H,2,7-9,11-12H2,1H3. The highest BCUT2D eigenvalue weighted by Gasteiger charge is 2.22. The van der Waals surface area contributed by atoms with Crippen LogP contribution in [0.4, 0.5) is 0 Å². The first-order valence-electron chi connectivity index (χ1n) is 7.23. The van der Waals surface area contributed by atoms with Crippen LogP contribution < -0.4 is 5.32 Å². The van der Waals surface area contributed by atoms with Crippen LogP contribution in [-0.2, 0) is 11.3 Å². The van der Waals surface area contributed by atoms with Gasteiger partial charge < -0.3 is 10.2 Å². The van der Waals surface area contributed by atoms with Crippen molar-refractivity contribution < 1.29 is 4.79 Å². The van der Waals surface area contributed by atoms with Gasteiger partial charge in [-0.15, -0.1) is 0 Å². The van der Waals surface area contributed by atoms with Crippen LogP contribution in [0.15, 0.2) is 24.3 Å². The van der Waals surface area contributed by atoms with Crippen molar-refractivity contribution in [3.63, 3.8) is 0 Å². The molecule has 0 atom stereocenters. The summed E-state index contributed by atoms with van der Waals surface area (Å²) >= 11 is 0. The third-order valence-corrected chi connectivity index (χ3v) is 3.42. The second-order valence-corrected chi connectivity index (χ2v) is 5.28. The van der Waals surface area contributed by atoms with Crippen LogP contribution in [0, 0.1) is 11.3 Å². The molecule has 1 saturated carbocycles. The van der Waals surface area contributed by atoms with E-state index < -0.39 is 0 Å². The number of rotatable bonds is 7. The molecule has 106 valence electrons. The van der Waals surface area contributed by atoms with Gasteiger partial charge in [0, 0.05) is 19.1 Å².